The minimum atomic E-state index is 0.631. The van der Waals surface area contributed by atoms with Gasteiger partial charge in [0.2, 0.25) is 0 Å². The van der Waals surface area contributed by atoms with Gasteiger partial charge in [-0.25, -0.2) is 5.01 Å². The summed E-state index contributed by atoms with van der Waals surface area (Å²) in [5, 5.41) is 4.12. The highest BCUT2D eigenvalue weighted by Crippen LogP contribution is 2.28. The first kappa shape index (κ1) is 7.34. The molecule has 0 aromatic carbocycles. The second-order valence-corrected chi connectivity index (χ2v) is 3.11. The van der Waals surface area contributed by atoms with E-state index in [0.717, 1.165) is 10.7 Å². The largest absolute Gasteiger partial charge is 0.228 e. The van der Waals surface area contributed by atoms with Crippen LogP contribution in [0.5, 0.6) is 0 Å². The van der Waals surface area contributed by atoms with E-state index in [2.05, 4.69) is 18.4 Å². The minimum Gasteiger partial charge on any atom is -0.228 e. The van der Waals surface area contributed by atoms with Crippen molar-refractivity contribution >= 4 is 11.8 Å². The molecule has 0 radical (unpaired) electrons. The van der Waals surface area contributed by atoms with Crippen LogP contribution in [-0.2, 0) is 0 Å². The highest BCUT2D eigenvalue weighted by Gasteiger charge is 2.16. The van der Waals surface area contributed by atoms with E-state index in [1.807, 2.05) is 0 Å². The molecule has 0 atom stereocenters. The molecule has 0 N–H and O–H groups in total. The van der Waals surface area contributed by atoms with Gasteiger partial charge in [-0.05, 0) is 0 Å². The zero-order chi connectivity index (χ0) is 7.56. The molecule has 1 fully saturated rings. The Kier molecular flexibility index (Phi) is 2.11. The summed E-state index contributed by atoms with van der Waals surface area (Å²) in [4.78, 5) is 10.9. The van der Waals surface area contributed by atoms with E-state index in [1.54, 1.807) is 11.8 Å². The van der Waals surface area contributed by atoms with Crippen molar-refractivity contribution in [3.63, 3.8) is 0 Å². The van der Waals surface area contributed by atoms with Gasteiger partial charge in [-0.3, -0.25) is 0 Å². The molecule has 1 rings (SSSR count). The molecule has 54 valence electrons. The molecule has 0 aliphatic carbocycles. The van der Waals surface area contributed by atoms with Crippen LogP contribution in [0, 0.1) is 4.91 Å². The van der Waals surface area contributed by atoms with Crippen molar-refractivity contribution in [3.8, 4) is 0 Å². The highest BCUT2D eigenvalue weighted by molar-refractivity contribution is 8.03. The molecule has 0 aromatic heterocycles. The van der Waals surface area contributed by atoms with Crippen LogP contribution in [0.15, 0.2) is 29.0 Å². The molecular formula is C6H8N2OS. The fourth-order valence-electron chi connectivity index (χ4n) is 0.708. The van der Waals surface area contributed by atoms with Crippen molar-refractivity contribution in [2.75, 3.05) is 12.3 Å². The molecule has 0 spiro atoms. The Labute approximate surface area is 63.7 Å². The van der Waals surface area contributed by atoms with Crippen molar-refractivity contribution in [1.29, 1.82) is 0 Å². The summed E-state index contributed by atoms with van der Waals surface area (Å²) in [5.41, 5.74) is 0.631. The maximum absolute atomic E-state index is 10.1. The van der Waals surface area contributed by atoms with Crippen molar-refractivity contribution in [3.05, 3.63) is 28.7 Å². The van der Waals surface area contributed by atoms with Gasteiger partial charge in [0.25, 0.3) is 0 Å². The van der Waals surface area contributed by atoms with Crippen LogP contribution >= 0.6 is 11.8 Å². The Balaban J connectivity index is 2.68. The van der Waals surface area contributed by atoms with Gasteiger partial charge in [-0.1, -0.05) is 13.2 Å². The summed E-state index contributed by atoms with van der Waals surface area (Å²) in [5.74, 6) is 0.865. The minimum absolute atomic E-state index is 0.631. The van der Waals surface area contributed by atoms with E-state index in [-0.39, 0.29) is 0 Å². The first-order valence-corrected chi connectivity index (χ1v) is 3.86. The van der Waals surface area contributed by atoms with Crippen LogP contribution in [0.3, 0.4) is 0 Å². The summed E-state index contributed by atoms with van der Waals surface area (Å²) in [6, 6.07) is 0. The second kappa shape index (κ2) is 2.88. The van der Waals surface area contributed by atoms with Gasteiger partial charge in [0, 0.05) is 10.7 Å². The van der Waals surface area contributed by atoms with Gasteiger partial charge >= 0.3 is 0 Å². The molecule has 1 saturated heterocycles. The monoisotopic (exact) mass is 156 g/mol. The van der Waals surface area contributed by atoms with E-state index in [0.29, 0.717) is 12.2 Å². The molecule has 4 heteroatoms. The highest BCUT2D eigenvalue weighted by atomic mass is 32.2. The molecule has 1 heterocycles. The van der Waals surface area contributed by atoms with Crippen molar-refractivity contribution in [1.82, 2.24) is 5.01 Å². The van der Waals surface area contributed by atoms with Crippen molar-refractivity contribution in [2.24, 2.45) is 5.29 Å². The number of nitrogens with zero attached hydrogens (tertiary/aromatic N) is 2. The van der Waals surface area contributed by atoms with E-state index >= 15 is 0 Å². The van der Waals surface area contributed by atoms with Gasteiger partial charge in [-0.2, -0.15) is 0 Å². The molecule has 0 amide bonds. The average Bonchev–Trinajstić information content (AvgIpc) is 1.95. The Morgan fingerprint density at radius 1 is 1.60 bits per heavy atom. The Morgan fingerprint density at radius 2 is 2.30 bits per heavy atom. The average molecular weight is 156 g/mol. The Bertz CT molecular complexity index is 190. The molecular weight excluding hydrogens is 148 g/mol. The fourth-order valence-corrected chi connectivity index (χ4v) is 1.49. The fraction of sp³-hybridized carbons (Fsp3) is 0.333. The number of rotatable bonds is 1. The quantitative estimate of drug-likeness (QED) is 0.542. The van der Waals surface area contributed by atoms with Crippen LogP contribution in [0.1, 0.15) is 0 Å². The molecule has 0 unspecified atom stereocenters. The Morgan fingerprint density at radius 3 is 2.80 bits per heavy atom. The SMILES string of the molecule is C=C1SCCN(N=O)C1=C. The smallest absolute Gasteiger partial charge is 0.0684 e. The summed E-state index contributed by atoms with van der Waals surface area (Å²) in [6.07, 6.45) is 0. The zero-order valence-corrected chi connectivity index (χ0v) is 6.36. The topological polar surface area (TPSA) is 32.7 Å². The number of nitroso groups, excluding NO2 is 1. The third-order valence-corrected chi connectivity index (χ3v) is 2.28. The predicted octanol–water partition coefficient (Wildman–Crippen LogP) is 1.74. The number of thioether (sulfide) groups is 1. The third-order valence-electron chi connectivity index (χ3n) is 1.31. The molecule has 10 heavy (non-hydrogen) atoms. The number of hydrogen-bond acceptors (Lipinski definition) is 3. The molecule has 0 saturated carbocycles. The van der Waals surface area contributed by atoms with E-state index in [1.165, 1.54) is 5.01 Å². The lowest BCUT2D eigenvalue weighted by Gasteiger charge is -2.23. The van der Waals surface area contributed by atoms with E-state index in [4.69, 9.17) is 0 Å². The van der Waals surface area contributed by atoms with Gasteiger partial charge < -0.3 is 0 Å². The zero-order valence-electron chi connectivity index (χ0n) is 5.54. The predicted molar refractivity (Wildman–Crippen MR) is 43.2 cm³/mol. The molecule has 0 bridgehead atoms. The van der Waals surface area contributed by atoms with Crippen LogP contribution in [0.4, 0.5) is 0 Å². The van der Waals surface area contributed by atoms with Crippen LogP contribution < -0.4 is 0 Å². The molecule has 3 nitrogen and oxygen atoms in total. The van der Waals surface area contributed by atoms with Crippen molar-refractivity contribution < 1.29 is 0 Å². The maximum atomic E-state index is 10.1. The summed E-state index contributed by atoms with van der Waals surface area (Å²) in [6.45, 7) is 8.02. The van der Waals surface area contributed by atoms with Gasteiger partial charge in [0.15, 0.2) is 0 Å². The van der Waals surface area contributed by atoms with Crippen LogP contribution in [0.2, 0.25) is 0 Å². The third kappa shape index (κ3) is 1.21. The van der Waals surface area contributed by atoms with Crippen LogP contribution in [-0.4, -0.2) is 17.3 Å². The van der Waals surface area contributed by atoms with Gasteiger partial charge in [0.05, 0.1) is 17.5 Å². The summed E-state index contributed by atoms with van der Waals surface area (Å²) >= 11 is 1.61. The van der Waals surface area contributed by atoms with Gasteiger partial charge in [0.1, 0.15) is 0 Å². The first-order chi connectivity index (χ1) is 4.75. The lowest BCUT2D eigenvalue weighted by molar-refractivity contribution is 0.390. The van der Waals surface area contributed by atoms with E-state index in [9.17, 15) is 4.91 Å². The van der Waals surface area contributed by atoms with E-state index < -0.39 is 0 Å². The standard InChI is InChI=1S/C6H8N2OS/c1-5-6(2)10-4-3-8(5)7-9/h1-4H2. The molecule has 0 aromatic rings. The molecule has 1 aliphatic rings. The first-order valence-electron chi connectivity index (χ1n) is 2.87. The Hall–Kier alpha value is -0.770. The normalized spacial score (nSPS) is 19.4. The number of hydrogen-bond donors (Lipinski definition) is 0. The second-order valence-electron chi connectivity index (χ2n) is 1.92. The van der Waals surface area contributed by atoms with Crippen molar-refractivity contribution in [2.45, 2.75) is 0 Å². The van der Waals surface area contributed by atoms with Gasteiger partial charge in [-0.15, -0.1) is 16.7 Å². The lowest BCUT2D eigenvalue weighted by atomic mass is 10.4. The maximum Gasteiger partial charge on any atom is 0.0684 e. The lowest BCUT2D eigenvalue weighted by Crippen LogP contribution is -2.23. The summed E-state index contributed by atoms with van der Waals surface area (Å²) < 4.78 is 0. The van der Waals surface area contributed by atoms with Crippen LogP contribution in [0.25, 0.3) is 0 Å². The summed E-state index contributed by atoms with van der Waals surface area (Å²) in [7, 11) is 0. The molecule has 1 aliphatic heterocycles.